The van der Waals surface area contributed by atoms with Gasteiger partial charge < -0.3 is 10.1 Å². The summed E-state index contributed by atoms with van der Waals surface area (Å²) in [4.78, 5) is 4.19. The van der Waals surface area contributed by atoms with Crippen molar-refractivity contribution in [2.45, 2.75) is 19.9 Å². The summed E-state index contributed by atoms with van der Waals surface area (Å²) in [6.07, 6.45) is 1.79. The van der Waals surface area contributed by atoms with Crippen LogP contribution in [0.3, 0.4) is 0 Å². The molecule has 1 N–H and O–H groups in total. The third-order valence-corrected chi connectivity index (χ3v) is 1.83. The molecule has 0 aromatic carbocycles. The zero-order valence-corrected chi connectivity index (χ0v) is 8.37. The zero-order valence-electron chi connectivity index (χ0n) is 8.37. The van der Waals surface area contributed by atoms with Crippen molar-refractivity contribution in [3.63, 3.8) is 0 Å². The Morgan fingerprint density at radius 1 is 1.62 bits per heavy atom. The molecule has 1 heterocycles. The second-order valence-corrected chi connectivity index (χ2v) is 3.14. The van der Waals surface area contributed by atoms with Crippen molar-refractivity contribution in [1.82, 2.24) is 4.98 Å². The number of hydrogen-bond donors (Lipinski definition) is 1. The van der Waals surface area contributed by atoms with Crippen molar-refractivity contribution in [2.24, 2.45) is 0 Å². The van der Waals surface area contributed by atoms with Gasteiger partial charge in [0.2, 0.25) is 0 Å². The Balaban J connectivity index is 2.58. The third-order valence-electron chi connectivity index (χ3n) is 1.83. The highest BCUT2D eigenvalue weighted by molar-refractivity contribution is 5.47. The van der Waals surface area contributed by atoms with Crippen molar-refractivity contribution in [2.75, 3.05) is 19.0 Å². The number of aromatic nitrogens is 1. The minimum atomic E-state index is 0.313. The zero-order chi connectivity index (χ0) is 9.68. The molecule has 1 aromatic rings. The molecule has 3 heteroatoms. The Labute approximate surface area is 79.1 Å². The molecular weight excluding hydrogens is 164 g/mol. The van der Waals surface area contributed by atoms with Crippen molar-refractivity contribution in [1.29, 1.82) is 0 Å². The molecule has 72 valence electrons. The maximum Gasteiger partial charge on any atom is 0.0661 e. The van der Waals surface area contributed by atoms with Gasteiger partial charge in [-0.2, -0.15) is 0 Å². The van der Waals surface area contributed by atoms with Gasteiger partial charge in [0.1, 0.15) is 0 Å². The fraction of sp³-hybridized carbons (Fsp3) is 0.500. The first-order valence-electron chi connectivity index (χ1n) is 4.41. The SMILES string of the molecule is COC[C@H](C)Nc1cccnc1C. The minimum absolute atomic E-state index is 0.313. The predicted octanol–water partition coefficient (Wildman–Crippen LogP) is 1.84. The quantitative estimate of drug-likeness (QED) is 0.767. The second kappa shape index (κ2) is 4.82. The maximum atomic E-state index is 5.03. The van der Waals surface area contributed by atoms with E-state index < -0.39 is 0 Å². The molecule has 1 aromatic heterocycles. The summed E-state index contributed by atoms with van der Waals surface area (Å²) in [7, 11) is 1.70. The number of aryl methyl sites for hydroxylation is 1. The van der Waals surface area contributed by atoms with Gasteiger partial charge in [0.05, 0.1) is 18.0 Å². The maximum absolute atomic E-state index is 5.03. The highest BCUT2D eigenvalue weighted by atomic mass is 16.5. The Morgan fingerprint density at radius 2 is 2.38 bits per heavy atom. The molecule has 0 aliphatic carbocycles. The Morgan fingerprint density at radius 3 is 3.00 bits per heavy atom. The van der Waals surface area contributed by atoms with E-state index in [1.807, 2.05) is 19.1 Å². The number of methoxy groups -OCH3 is 1. The fourth-order valence-corrected chi connectivity index (χ4v) is 1.19. The van der Waals surface area contributed by atoms with E-state index in [-0.39, 0.29) is 0 Å². The topological polar surface area (TPSA) is 34.1 Å². The van der Waals surface area contributed by atoms with Gasteiger partial charge in [0.25, 0.3) is 0 Å². The molecule has 1 rings (SSSR count). The lowest BCUT2D eigenvalue weighted by Crippen LogP contribution is -2.21. The molecule has 13 heavy (non-hydrogen) atoms. The molecule has 0 radical (unpaired) electrons. The van der Waals surface area contributed by atoms with Crippen LogP contribution < -0.4 is 5.32 Å². The van der Waals surface area contributed by atoms with E-state index in [1.54, 1.807) is 13.3 Å². The Hall–Kier alpha value is -1.09. The minimum Gasteiger partial charge on any atom is -0.383 e. The Kier molecular flexibility index (Phi) is 3.71. The van der Waals surface area contributed by atoms with Crippen LogP contribution in [0.2, 0.25) is 0 Å². The third kappa shape index (κ3) is 3.03. The van der Waals surface area contributed by atoms with Crippen LogP contribution in [0.15, 0.2) is 18.3 Å². The van der Waals surface area contributed by atoms with Gasteiger partial charge in [-0.15, -0.1) is 0 Å². The normalized spacial score (nSPS) is 12.5. The molecule has 0 amide bonds. The molecule has 0 fully saturated rings. The predicted molar refractivity (Wildman–Crippen MR) is 53.9 cm³/mol. The standard InChI is InChI=1S/C10H16N2O/c1-8(7-13-3)12-10-5-4-6-11-9(10)2/h4-6,8,12H,7H2,1-3H3/t8-/m0/s1. The molecule has 0 bridgehead atoms. The summed E-state index contributed by atoms with van der Waals surface area (Å²) >= 11 is 0. The average Bonchev–Trinajstić information content (AvgIpc) is 2.09. The first kappa shape index (κ1) is 9.99. The van der Waals surface area contributed by atoms with E-state index in [2.05, 4.69) is 17.2 Å². The van der Waals surface area contributed by atoms with E-state index in [0.717, 1.165) is 11.4 Å². The number of pyridine rings is 1. The number of nitrogens with one attached hydrogen (secondary N) is 1. The first-order valence-corrected chi connectivity index (χ1v) is 4.41. The molecule has 1 atom stereocenters. The van der Waals surface area contributed by atoms with E-state index in [4.69, 9.17) is 4.74 Å². The summed E-state index contributed by atoms with van der Waals surface area (Å²) in [6.45, 7) is 4.77. The van der Waals surface area contributed by atoms with Crippen LogP contribution in [0.25, 0.3) is 0 Å². The van der Waals surface area contributed by atoms with Crippen LogP contribution in [0.5, 0.6) is 0 Å². The number of anilines is 1. The lowest BCUT2D eigenvalue weighted by molar-refractivity contribution is 0.190. The number of ether oxygens (including phenoxy) is 1. The van der Waals surface area contributed by atoms with Crippen LogP contribution in [-0.2, 0) is 4.74 Å². The van der Waals surface area contributed by atoms with E-state index in [0.29, 0.717) is 12.6 Å². The van der Waals surface area contributed by atoms with Gasteiger partial charge in [0.15, 0.2) is 0 Å². The Bertz CT molecular complexity index is 263. The van der Waals surface area contributed by atoms with Crippen molar-refractivity contribution in [3.8, 4) is 0 Å². The molecule has 0 spiro atoms. The van der Waals surface area contributed by atoms with Crippen molar-refractivity contribution in [3.05, 3.63) is 24.0 Å². The number of nitrogens with zero attached hydrogens (tertiary/aromatic N) is 1. The molecule has 0 aliphatic heterocycles. The summed E-state index contributed by atoms with van der Waals surface area (Å²) in [5.74, 6) is 0. The van der Waals surface area contributed by atoms with Gasteiger partial charge in [-0.1, -0.05) is 0 Å². The fourth-order valence-electron chi connectivity index (χ4n) is 1.19. The first-order chi connectivity index (χ1) is 6.24. The van der Waals surface area contributed by atoms with Crippen LogP contribution >= 0.6 is 0 Å². The van der Waals surface area contributed by atoms with Gasteiger partial charge in [-0.25, -0.2) is 0 Å². The molecule has 0 saturated carbocycles. The van der Waals surface area contributed by atoms with Crippen LogP contribution in [-0.4, -0.2) is 24.7 Å². The van der Waals surface area contributed by atoms with E-state index in [1.165, 1.54) is 0 Å². The van der Waals surface area contributed by atoms with Crippen LogP contribution in [0.1, 0.15) is 12.6 Å². The lowest BCUT2D eigenvalue weighted by Gasteiger charge is -2.15. The molecule has 0 saturated heterocycles. The van der Waals surface area contributed by atoms with Crippen molar-refractivity contribution < 1.29 is 4.74 Å². The van der Waals surface area contributed by atoms with Gasteiger partial charge in [-0.3, -0.25) is 4.98 Å². The highest BCUT2D eigenvalue weighted by Gasteiger charge is 2.02. The van der Waals surface area contributed by atoms with Gasteiger partial charge in [0, 0.05) is 19.3 Å². The van der Waals surface area contributed by atoms with Crippen molar-refractivity contribution >= 4 is 5.69 Å². The van der Waals surface area contributed by atoms with Gasteiger partial charge >= 0.3 is 0 Å². The molecule has 0 aliphatic rings. The second-order valence-electron chi connectivity index (χ2n) is 3.14. The average molecular weight is 180 g/mol. The smallest absolute Gasteiger partial charge is 0.0661 e. The van der Waals surface area contributed by atoms with E-state index >= 15 is 0 Å². The number of hydrogen-bond acceptors (Lipinski definition) is 3. The molecule has 0 unspecified atom stereocenters. The summed E-state index contributed by atoms with van der Waals surface area (Å²) in [5, 5.41) is 3.32. The molecular formula is C10H16N2O. The van der Waals surface area contributed by atoms with Crippen LogP contribution in [0.4, 0.5) is 5.69 Å². The van der Waals surface area contributed by atoms with E-state index in [9.17, 15) is 0 Å². The lowest BCUT2D eigenvalue weighted by atomic mass is 10.2. The van der Waals surface area contributed by atoms with Crippen LogP contribution in [0, 0.1) is 6.92 Å². The number of rotatable bonds is 4. The summed E-state index contributed by atoms with van der Waals surface area (Å²) < 4.78 is 5.03. The highest BCUT2D eigenvalue weighted by Crippen LogP contribution is 2.11. The summed E-state index contributed by atoms with van der Waals surface area (Å²) in [5.41, 5.74) is 2.09. The largest absolute Gasteiger partial charge is 0.383 e. The van der Waals surface area contributed by atoms with Gasteiger partial charge in [-0.05, 0) is 26.0 Å². The molecule has 3 nitrogen and oxygen atoms in total. The summed E-state index contributed by atoms with van der Waals surface area (Å²) in [6, 6.07) is 4.26. The monoisotopic (exact) mass is 180 g/mol.